The average Bonchev–Trinajstić information content (AvgIpc) is 2.48. The molecule has 0 amide bonds. The normalized spacial score (nSPS) is 11.5. The molecule has 0 heterocycles. The standard InChI is InChI=1S/C17H18N2O/c1-12-7-8-14(9-13(12)2)17(11-18)19-15-5-4-6-16(10-15)20-3/h4-10,17,19H,1-3H3. The number of nitrogens with zero attached hydrogens (tertiary/aromatic N) is 1. The summed E-state index contributed by atoms with van der Waals surface area (Å²) in [7, 11) is 1.63. The second-order valence-electron chi connectivity index (χ2n) is 4.78. The summed E-state index contributed by atoms with van der Waals surface area (Å²) in [5.41, 5.74) is 4.26. The van der Waals surface area contributed by atoms with Gasteiger partial charge in [0.15, 0.2) is 0 Å². The van der Waals surface area contributed by atoms with Crippen LogP contribution < -0.4 is 10.1 Å². The quantitative estimate of drug-likeness (QED) is 0.910. The lowest BCUT2D eigenvalue weighted by atomic mass is 10.0. The number of methoxy groups -OCH3 is 1. The van der Waals surface area contributed by atoms with Gasteiger partial charge < -0.3 is 10.1 Å². The monoisotopic (exact) mass is 266 g/mol. The molecule has 0 bridgehead atoms. The summed E-state index contributed by atoms with van der Waals surface area (Å²) in [6, 6.07) is 15.6. The van der Waals surface area contributed by atoms with Gasteiger partial charge in [0.2, 0.25) is 0 Å². The Morgan fingerprint density at radius 2 is 1.90 bits per heavy atom. The third-order valence-corrected chi connectivity index (χ3v) is 3.37. The highest BCUT2D eigenvalue weighted by Gasteiger charge is 2.11. The number of ether oxygens (including phenoxy) is 1. The van der Waals surface area contributed by atoms with Crippen molar-refractivity contribution in [3.63, 3.8) is 0 Å². The van der Waals surface area contributed by atoms with E-state index in [1.165, 1.54) is 11.1 Å². The smallest absolute Gasteiger partial charge is 0.140 e. The van der Waals surface area contributed by atoms with Gasteiger partial charge in [-0.1, -0.05) is 24.3 Å². The van der Waals surface area contributed by atoms with Crippen molar-refractivity contribution >= 4 is 5.69 Å². The lowest BCUT2D eigenvalue weighted by Crippen LogP contribution is -2.09. The summed E-state index contributed by atoms with van der Waals surface area (Å²) in [4.78, 5) is 0. The van der Waals surface area contributed by atoms with E-state index in [9.17, 15) is 5.26 Å². The molecule has 0 radical (unpaired) electrons. The van der Waals surface area contributed by atoms with Gasteiger partial charge in [-0.2, -0.15) is 5.26 Å². The lowest BCUT2D eigenvalue weighted by molar-refractivity contribution is 0.415. The van der Waals surface area contributed by atoms with Crippen LogP contribution in [-0.4, -0.2) is 7.11 Å². The highest BCUT2D eigenvalue weighted by atomic mass is 16.5. The van der Waals surface area contributed by atoms with Crippen LogP contribution >= 0.6 is 0 Å². The van der Waals surface area contributed by atoms with Gasteiger partial charge >= 0.3 is 0 Å². The van der Waals surface area contributed by atoms with Crippen molar-refractivity contribution in [1.29, 1.82) is 5.26 Å². The van der Waals surface area contributed by atoms with Gasteiger partial charge in [0.25, 0.3) is 0 Å². The van der Waals surface area contributed by atoms with Gasteiger partial charge in [-0.25, -0.2) is 0 Å². The number of hydrogen-bond donors (Lipinski definition) is 1. The van der Waals surface area contributed by atoms with Crippen LogP contribution in [0.15, 0.2) is 42.5 Å². The molecule has 0 aliphatic carbocycles. The van der Waals surface area contributed by atoms with E-state index in [-0.39, 0.29) is 6.04 Å². The topological polar surface area (TPSA) is 45.0 Å². The molecule has 0 aliphatic rings. The van der Waals surface area contributed by atoms with Crippen molar-refractivity contribution in [3.05, 3.63) is 59.2 Å². The summed E-state index contributed by atoms with van der Waals surface area (Å²) >= 11 is 0. The number of rotatable bonds is 4. The van der Waals surface area contributed by atoms with E-state index < -0.39 is 0 Å². The molecule has 1 unspecified atom stereocenters. The van der Waals surface area contributed by atoms with Crippen LogP contribution in [0, 0.1) is 25.2 Å². The first-order valence-corrected chi connectivity index (χ1v) is 6.51. The Hall–Kier alpha value is -2.47. The van der Waals surface area contributed by atoms with Gasteiger partial charge in [0, 0.05) is 11.8 Å². The van der Waals surface area contributed by atoms with E-state index in [2.05, 4.69) is 31.3 Å². The predicted molar refractivity (Wildman–Crippen MR) is 80.9 cm³/mol. The maximum atomic E-state index is 9.38. The molecule has 3 heteroatoms. The highest BCUT2D eigenvalue weighted by Crippen LogP contribution is 2.23. The van der Waals surface area contributed by atoms with Gasteiger partial charge in [0.05, 0.1) is 13.2 Å². The van der Waals surface area contributed by atoms with E-state index in [0.29, 0.717) is 0 Å². The molecule has 0 fully saturated rings. The molecular weight excluding hydrogens is 248 g/mol. The number of aryl methyl sites for hydroxylation is 2. The number of hydrogen-bond acceptors (Lipinski definition) is 3. The maximum absolute atomic E-state index is 9.38. The lowest BCUT2D eigenvalue weighted by Gasteiger charge is -2.15. The van der Waals surface area contributed by atoms with E-state index >= 15 is 0 Å². The maximum Gasteiger partial charge on any atom is 0.140 e. The number of nitrogens with one attached hydrogen (secondary N) is 1. The molecule has 0 aliphatic heterocycles. The fourth-order valence-corrected chi connectivity index (χ4v) is 2.01. The van der Waals surface area contributed by atoms with Crippen LogP contribution in [-0.2, 0) is 0 Å². The third-order valence-electron chi connectivity index (χ3n) is 3.37. The Morgan fingerprint density at radius 1 is 1.10 bits per heavy atom. The van der Waals surface area contributed by atoms with Crippen molar-refractivity contribution in [1.82, 2.24) is 0 Å². The zero-order valence-corrected chi connectivity index (χ0v) is 12.0. The van der Waals surface area contributed by atoms with Crippen LogP contribution in [0.5, 0.6) is 5.75 Å². The van der Waals surface area contributed by atoms with E-state index in [1.54, 1.807) is 7.11 Å². The Balaban J connectivity index is 2.24. The summed E-state index contributed by atoms with van der Waals surface area (Å²) < 4.78 is 5.19. The Labute approximate surface area is 119 Å². The molecule has 0 saturated carbocycles. The SMILES string of the molecule is COc1cccc(NC(C#N)c2ccc(C)c(C)c2)c1. The molecule has 0 saturated heterocycles. The third kappa shape index (κ3) is 3.10. The molecule has 2 rings (SSSR count). The Morgan fingerprint density at radius 3 is 2.55 bits per heavy atom. The van der Waals surface area contributed by atoms with Gasteiger partial charge in [0.1, 0.15) is 11.8 Å². The van der Waals surface area contributed by atoms with Crippen LogP contribution in [0.4, 0.5) is 5.69 Å². The van der Waals surface area contributed by atoms with Crippen molar-refractivity contribution in [3.8, 4) is 11.8 Å². The molecule has 0 aromatic heterocycles. The van der Waals surface area contributed by atoms with Gasteiger partial charge in [-0.05, 0) is 42.7 Å². The van der Waals surface area contributed by atoms with Gasteiger partial charge in [-0.3, -0.25) is 0 Å². The Kier molecular flexibility index (Phi) is 4.27. The van der Waals surface area contributed by atoms with E-state index in [0.717, 1.165) is 17.0 Å². The fraction of sp³-hybridized carbons (Fsp3) is 0.235. The summed E-state index contributed by atoms with van der Waals surface area (Å²) in [6.45, 7) is 4.12. The molecule has 2 aromatic rings. The highest BCUT2D eigenvalue weighted by molar-refractivity contribution is 5.51. The second-order valence-corrected chi connectivity index (χ2v) is 4.78. The van der Waals surface area contributed by atoms with Gasteiger partial charge in [-0.15, -0.1) is 0 Å². The molecule has 20 heavy (non-hydrogen) atoms. The summed E-state index contributed by atoms with van der Waals surface area (Å²) in [5.74, 6) is 0.770. The van der Waals surface area contributed by atoms with E-state index in [1.807, 2.05) is 36.4 Å². The first-order valence-electron chi connectivity index (χ1n) is 6.51. The Bertz CT molecular complexity index is 644. The minimum absolute atomic E-state index is 0.374. The zero-order valence-electron chi connectivity index (χ0n) is 12.0. The molecule has 1 atom stereocenters. The average molecular weight is 266 g/mol. The first kappa shape index (κ1) is 14.0. The molecule has 102 valence electrons. The number of nitriles is 1. The molecule has 1 N–H and O–H groups in total. The fourth-order valence-electron chi connectivity index (χ4n) is 2.01. The summed E-state index contributed by atoms with van der Waals surface area (Å²) in [5, 5.41) is 12.6. The van der Waals surface area contributed by atoms with Crippen molar-refractivity contribution in [2.45, 2.75) is 19.9 Å². The van der Waals surface area contributed by atoms with E-state index in [4.69, 9.17) is 4.74 Å². The second kappa shape index (κ2) is 6.12. The predicted octanol–water partition coefficient (Wildman–Crippen LogP) is 3.99. The molecule has 0 spiro atoms. The number of benzene rings is 2. The molecular formula is C17H18N2O. The van der Waals surface area contributed by atoms with Crippen LogP contribution in [0.1, 0.15) is 22.7 Å². The van der Waals surface area contributed by atoms with Crippen LogP contribution in [0.3, 0.4) is 0 Å². The van der Waals surface area contributed by atoms with Crippen molar-refractivity contribution < 1.29 is 4.74 Å². The first-order chi connectivity index (χ1) is 9.63. The largest absolute Gasteiger partial charge is 0.497 e. The minimum Gasteiger partial charge on any atom is -0.497 e. The molecule has 3 nitrogen and oxygen atoms in total. The van der Waals surface area contributed by atoms with Crippen LogP contribution in [0.25, 0.3) is 0 Å². The zero-order chi connectivity index (χ0) is 14.5. The number of anilines is 1. The van der Waals surface area contributed by atoms with Crippen molar-refractivity contribution in [2.24, 2.45) is 0 Å². The summed E-state index contributed by atoms with van der Waals surface area (Å²) in [6.07, 6.45) is 0. The molecule has 2 aromatic carbocycles. The van der Waals surface area contributed by atoms with Crippen LogP contribution in [0.2, 0.25) is 0 Å². The minimum atomic E-state index is -0.374. The van der Waals surface area contributed by atoms with Crippen molar-refractivity contribution in [2.75, 3.05) is 12.4 Å².